The van der Waals surface area contributed by atoms with Crippen LogP contribution in [0.3, 0.4) is 0 Å². The van der Waals surface area contributed by atoms with Crippen LogP contribution in [-0.4, -0.2) is 37.7 Å². The third kappa shape index (κ3) is 4.20. The quantitative estimate of drug-likeness (QED) is 0.842. The number of nitrogens with zero attached hydrogens (tertiary/aromatic N) is 1. The number of hydrogen-bond donors (Lipinski definition) is 2. The Kier molecular flexibility index (Phi) is 5.63. The molecule has 1 fully saturated rings. The Morgan fingerprint density at radius 3 is 3.00 bits per heavy atom. The van der Waals surface area contributed by atoms with Crippen LogP contribution in [0.2, 0.25) is 0 Å². The Morgan fingerprint density at radius 2 is 2.21 bits per heavy atom. The lowest BCUT2D eigenvalue weighted by Gasteiger charge is -2.20. The molecule has 19 heavy (non-hydrogen) atoms. The van der Waals surface area contributed by atoms with Gasteiger partial charge in [-0.3, -0.25) is 4.90 Å². The Bertz CT molecular complexity index is 387. The van der Waals surface area contributed by atoms with Crippen molar-refractivity contribution in [2.24, 2.45) is 5.73 Å². The van der Waals surface area contributed by atoms with Crippen LogP contribution in [0.15, 0.2) is 18.2 Å². The molecule has 0 bridgehead atoms. The molecule has 0 aliphatic carbocycles. The standard InChI is InChI=1S/C15H25N3O/c1-2-19-15-10-13(4-5-14(15)11-16)12-18-8-3-6-17-7-9-18/h4-5,10,17H,2-3,6-9,11-12,16H2,1H3. The molecule has 1 aliphatic heterocycles. The van der Waals surface area contributed by atoms with E-state index >= 15 is 0 Å². The summed E-state index contributed by atoms with van der Waals surface area (Å²) in [6.45, 7) is 8.71. The number of hydrogen-bond acceptors (Lipinski definition) is 4. The highest BCUT2D eigenvalue weighted by Crippen LogP contribution is 2.21. The molecular weight excluding hydrogens is 238 g/mol. The molecule has 0 amide bonds. The van der Waals surface area contributed by atoms with Crippen LogP contribution in [0.4, 0.5) is 0 Å². The van der Waals surface area contributed by atoms with Gasteiger partial charge in [-0.15, -0.1) is 0 Å². The van der Waals surface area contributed by atoms with Gasteiger partial charge in [0.15, 0.2) is 0 Å². The summed E-state index contributed by atoms with van der Waals surface area (Å²) in [5, 5.41) is 3.43. The Labute approximate surface area is 115 Å². The van der Waals surface area contributed by atoms with Gasteiger partial charge < -0.3 is 15.8 Å². The first kappa shape index (κ1) is 14.3. The van der Waals surface area contributed by atoms with Crippen LogP contribution in [0.25, 0.3) is 0 Å². The predicted octanol–water partition coefficient (Wildman–Crippen LogP) is 1.34. The molecule has 0 saturated carbocycles. The Balaban J connectivity index is 2.04. The molecule has 106 valence electrons. The van der Waals surface area contributed by atoms with Gasteiger partial charge in [-0.05, 0) is 38.1 Å². The molecule has 1 aliphatic rings. The minimum atomic E-state index is 0.531. The Hall–Kier alpha value is -1.10. The van der Waals surface area contributed by atoms with Crippen LogP contribution in [0, 0.1) is 0 Å². The molecule has 1 saturated heterocycles. The number of nitrogens with two attached hydrogens (primary N) is 1. The lowest BCUT2D eigenvalue weighted by Crippen LogP contribution is -2.27. The van der Waals surface area contributed by atoms with Gasteiger partial charge in [-0.1, -0.05) is 12.1 Å². The van der Waals surface area contributed by atoms with Crippen molar-refractivity contribution < 1.29 is 4.74 Å². The average Bonchev–Trinajstić information content (AvgIpc) is 2.68. The molecule has 1 heterocycles. The van der Waals surface area contributed by atoms with E-state index in [4.69, 9.17) is 10.5 Å². The zero-order valence-electron chi connectivity index (χ0n) is 11.8. The van der Waals surface area contributed by atoms with E-state index in [0.29, 0.717) is 13.2 Å². The van der Waals surface area contributed by atoms with Gasteiger partial charge >= 0.3 is 0 Å². The smallest absolute Gasteiger partial charge is 0.124 e. The van der Waals surface area contributed by atoms with E-state index in [1.165, 1.54) is 12.0 Å². The minimum absolute atomic E-state index is 0.531. The van der Waals surface area contributed by atoms with Crippen LogP contribution in [-0.2, 0) is 13.1 Å². The predicted molar refractivity (Wildman–Crippen MR) is 78.3 cm³/mol. The van der Waals surface area contributed by atoms with Gasteiger partial charge in [0.2, 0.25) is 0 Å². The first-order valence-corrected chi connectivity index (χ1v) is 7.21. The first-order chi connectivity index (χ1) is 9.33. The Morgan fingerprint density at radius 1 is 1.32 bits per heavy atom. The average molecular weight is 263 g/mol. The highest BCUT2D eigenvalue weighted by molar-refractivity contribution is 5.37. The maximum absolute atomic E-state index is 5.74. The third-order valence-electron chi connectivity index (χ3n) is 3.49. The third-order valence-corrected chi connectivity index (χ3v) is 3.49. The highest BCUT2D eigenvalue weighted by atomic mass is 16.5. The maximum Gasteiger partial charge on any atom is 0.124 e. The number of rotatable bonds is 5. The molecule has 0 aromatic heterocycles. The van der Waals surface area contributed by atoms with Crippen molar-refractivity contribution in [1.29, 1.82) is 0 Å². The monoisotopic (exact) mass is 263 g/mol. The van der Waals surface area contributed by atoms with E-state index in [-0.39, 0.29) is 0 Å². The van der Waals surface area contributed by atoms with Crippen molar-refractivity contribution in [3.8, 4) is 5.75 Å². The van der Waals surface area contributed by atoms with Gasteiger partial charge in [0.25, 0.3) is 0 Å². The van der Waals surface area contributed by atoms with E-state index < -0.39 is 0 Å². The fourth-order valence-electron chi connectivity index (χ4n) is 2.47. The lowest BCUT2D eigenvalue weighted by molar-refractivity contribution is 0.283. The molecule has 1 aromatic rings. The van der Waals surface area contributed by atoms with Crippen LogP contribution in [0.5, 0.6) is 5.75 Å². The second-order valence-corrected chi connectivity index (χ2v) is 4.96. The zero-order chi connectivity index (χ0) is 13.5. The summed E-state index contributed by atoms with van der Waals surface area (Å²) in [7, 11) is 0. The van der Waals surface area contributed by atoms with Gasteiger partial charge in [0.1, 0.15) is 5.75 Å². The van der Waals surface area contributed by atoms with Crippen molar-refractivity contribution in [2.45, 2.75) is 26.4 Å². The first-order valence-electron chi connectivity index (χ1n) is 7.21. The summed E-state index contributed by atoms with van der Waals surface area (Å²) in [6.07, 6.45) is 1.22. The lowest BCUT2D eigenvalue weighted by atomic mass is 10.1. The van der Waals surface area contributed by atoms with Gasteiger partial charge in [-0.25, -0.2) is 0 Å². The van der Waals surface area contributed by atoms with E-state index in [0.717, 1.165) is 44.0 Å². The second-order valence-electron chi connectivity index (χ2n) is 4.96. The van der Waals surface area contributed by atoms with Crippen molar-refractivity contribution in [1.82, 2.24) is 10.2 Å². The summed E-state index contributed by atoms with van der Waals surface area (Å²) in [4.78, 5) is 2.49. The molecule has 0 unspecified atom stereocenters. The molecule has 0 radical (unpaired) electrons. The van der Waals surface area contributed by atoms with Gasteiger partial charge in [-0.2, -0.15) is 0 Å². The fourth-order valence-corrected chi connectivity index (χ4v) is 2.47. The molecule has 4 heteroatoms. The summed E-state index contributed by atoms with van der Waals surface area (Å²) in [5.41, 5.74) is 8.13. The summed E-state index contributed by atoms with van der Waals surface area (Å²) >= 11 is 0. The van der Waals surface area contributed by atoms with Gasteiger partial charge in [0.05, 0.1) is 6.61 Å². The molecule has 0 spiro atoms. The van der Waals surface area contributed by atoms with Crippen molar-refractivity contribution in [3.63, 3.8) is 0 Å². The van der Waals surface area contributed by atoms with Crippen molar-refractivity contribution in [2.75, 3.05) is 32.8 Å². The second kappa shape index (κ2) is 7.48. The normalized spacial score (nSPS) is 17.2. The van der Waals surface area contributed by atoms with Crippen LogP contribution in [0.1, 0.15) is 24.5 Å². The SMILES string of the molecule is CCOc1cc(CN2CCCNCC2)ccc1CN. The van der Waals surface area contributed by atoms with E-state index in [1.807, 2.05) is 6.92 Å². The maximum atomic E-state index is 5.74. The molecule has 4 nitrogen and oxygen atoms in total. The largest absolute Gasteiger partial charge is 0.494 e. The van der Waals surface area contributed by atoms with Crippen molar-refractivity contribution in [3.05, 3.63) is 29.3 Å². The van der Waals surface area contributed by atoms with E-state index in [2.05, 4.69) is 28.4 Å². The number of benzene rings is 1. The molecule has 0 atom stereocenters. The summed E-state index contributed by atoms with van der Waals surface area (Å²) < 4.78 is 5.67. The number of ether oxygens (including phenoxy) is 1. The fraction of sp³-hybridized carbons (Fsp3) is 0.600. The molecule has 2 rings (SSSR count). The molecule has 3 N–H and O–H groups in total. The minimum Gasteiger partial charge on any atom is -0.494 e. The van der Waals surface area contributed by atoms with E-state index in [1.54, 1.807) is 0 Å². The van der Waals surface area contributed by atoms with Crippen LogP contribution >= 0.6 is 0 Å². The zero-order valence-corrected chi connectivity index (χ0v) is 11.8. The number of nitrogens with one attached hydrogen (secondary N) is 1. The van der Waals surface area contributed by atoms with Crippen LogP contribution < -0.4 is 15.8 Å². The highest BCUT2D eigenvalue weighted by Gasteiger charge is 2.10. The van der Waals surface area contributed by atoms with Crippen molar-refractivity contribution >= 4 is 0 Å². The molecule has 1 aromatic carbocycles. The summed E-state index contributed by atoms with van der Waals surface area (Å²) in [5.74, 6) is 0.940. The van der Waals surface area contributed by atoms with Gasteiger partial charge in [0, 0.05) is 31.7 Å². The van der Waals surface area contributed by atoms with E-state index in [9.17, 15) is 0 Å². The molecular formula is C15H25N3O. The topological polar surface area (TPSA) is 50.5 Å². The summed E-state index contributed by atoms with van der Waals surface area (Å²) in [6, 6.07) is 6.41.